The average molecular weight is 369 g/mol. The van der Waals surface area contributed by atoms with Crippen LogP contribution in [-0.2, 0) is 0 Å². The Morgan fingerprint density at radius 1 is 1.21 bits per heavy atom. The summed E-state index contributed by atoms with van der Waals surface area (Å²) in [5.41, 5.74) is 1.85. The van der Waals surface area contributed by atoms with Crippen LogP contribution < -0.4 is 10.1 Å². The molecule has 0 amide bonds. The van der Waals surface area contributed by atoms with Crippen LogP contribution >= 0.6 is 22.6 Å². The minimum Gasteiger partial charge on any atom is -0.497 e. The Bertz CT molecular complexity index is 528. The van der Waals surface area contributed by atoms with Crippen molar-refractivity contribution in [3.63, 3.8) is 0 Å². The summed E-state index contributed by atoms with van der Waals surface area (Å²) in [6, 6.07) is 15.5. The highest BCUT2D eigenvalue weighted by atomic mass is 127. The van der Waals surface area contributed by atoms with Gasteiger partial charge in [0.2, 0.25) is 0 Å². The average Bonchev–Trinajstić information content (AvgIpc) is 2.46. The monoisotopic (exact) mass is 369 g/mol. The van der Waals surface area contributed by atoms with Gasteiger partial charge >= 0.3 is 0 Å². The number of rotatable bonds is 5. The number of hydrogen-bond acceptors (Lipinski definition) is 3. The third-order valence-corrected chi connectivity index (χ3v) is 3.54. The van der Waals surface area contributed by atoms with Crippen LogP contribution in [0.25, 0.3) is 0 Å². The molecule has 0 heterocycles. The van der Waals surface area contributed by atoms with Crippen molar-refractivity contribution >= 4 is 28.3 Å². The summed E-state index contributed by atoms with van der Waals surface area (Å²) in [5, 5.41) is 13.4. The molecule has 2 aromatic carbocycles. The van der Waals surface area contributed by atoms with E-state index in [1.165, 1.54) is 3.57 Å². The van der Waals surface area contributed by atoms with Crippen molar-refractivity contribution in [3.05, 3.63) is 57.7 Å². The largest absolute Gasteiger partial charge is 0.497 e. The maximum atomic E-state index is 10.1. The minimum absolute atomic E-state index is 0.466. The molecule has 0 bridgehead atoms. The smallest absolute Gasteiger partial charge is 0.119 e. The summed E-state index contributed by atoms with van der Waals surface area (Å²) < 4.78 is 6.34. The first-order chi connectivity index (χ1) is 9.19. The Hall–Kier alpha value is -1.27. The summed E-state index contributed by atoms with van der Waals surface area (Å²) in [6.45, 7) is 0.466. The zero-order valence-corrected chi connectivity index (χ0v) is 12.8. The number of nitrogens with one attached hydrogen (secondary N) is 1. The first-order valence-corrected chi connectivity index (χ1v) is 7.08. The molecule has 2 rings (SSSR count). The van der Waals surface area contributed by atoms with Crippen LogP contribution in [0.4, 0.5) is 5.69 Å². The highest BCUT2D eigenvalue weighted by molar-refractivity contribution is 14.1. The Kier molecular flexibility index (Phi) is 5.04. The van der Waals surface area contributed by atoms with Crippen molar-refractivity contribution in [1.29, 1.82) is 0 Å². The topological polar surface area (TPSA) is 41.5 Å². The maximum Gasteiger partial charge on any atom is 0.119 e. The molecule has 0 radical (unpaired) electrons. The summed E-state index contributed by atoms with van der Waals surface area (Å²) >= 11 is 2.26. The van der Waals surface area contributed by atoms with Crippen LogP contribution in [0, 0.1) is 3.57 Å². The molecule has 4 heteroatoms. The fraction of sp³-hybridized carbons (Fsp3) is 0.200. The molecule has 2 N–H and O–H groups in total. The third kappa shape index (κ3) is 4.11. The van der Waals surface area contributed by atoms with Crippen LogP contribution in [0.1, 0.15) is 11.7 Å². The normalized spacial score (nSPS) is 11.9. The first kappa shape index (κ1) is 14.1. The van der Waals surface area contributed by atoms with Crippen molar-refractivity contribution in [1.82, 2.24) is 0 Å². The van der Waals surface area contributed by atoms with Gasteiger partial charge < -0.3 is 15.2 Å². The molecule has 19 heavy (non-hydrogen) atoms. The van der Waals surface area contributed by atoms with E-state index in [0.717, 1.165) is 17.0 Å². The summed E-state index contributed by atoms with van der Waals surface area (Å²) in [5.74, 6) is 0.755. The molecule has 2 aromatic rings. The van der Waals surface area contributed by atoms with Crippen molar-refractivity contribution in [2.45, 2.75) is 6.10 Å². The Morgan fingerprint density at radius 3 is 2.63 bits per heavy atom. The number of methoxy groups -OCH3 is 1. The van der Waals surface area contributed by atoms with E-state index in [4.69, 9.17) is 4.74 Å². The second-order valence-corrected chi connectivity index (χ2v) is 5.43. The molecular formula is C15H16INO2. The van der Waals surface area contributed by atoms with E-state index in [1.54, 1.807) is 7.11 Å². The van der Waals surface area contributed by atoms with E-state index in [9.17, 15) is 5.11 Å². The molecule has 0 aliphatic carbocycles. The number of ether oxygens (including phenoxy) is 1. The van der Waals surface area contributed by atoms with Crippen LogP contribution in [0.3, 0.4) is 0 Å². The summed E-state index contributed by atoms with van der Waals surface area (Å²) in [6.07, 6.45) is -0.561. The fourth-order valence-electron chi connectivity index (χ4n) is 1.75. The van der Waals surface area contributed by atoms with Crippen molar-refractivity contribution in [2.24, 2.45) is 0 Å². The Labute approximate surface area is 126 Å². The van der Waals surface area contributed by atoms with Crippen molar-refractivity contribution < 1.29 is 9.84 Å². The van der Waals surface area contributed by atoms with Gasteiger partial charge in [0.25, 0.3) is 0 Å². The van der Waals surface area contributed by atoms with Crippen LogP contribution in [-0.4, -0.2) is 18.8 Å². The Balaban J connectivity index is 1.96. The lowest BCUT2D eigenvalue weighted by atomic mass is 10.1. The lowest BCUT2D eigenvalue weighted by Gasteiger charge is -2.14. The van der Waals surface area contributed by atoms with Crippen molar-refractivity contribution in [3.8, 4) is 5.75 Å². The Morgan fingerprint density at radius 2 is 1.95 bits per heavy atom. The molecule has 1 atom stereocenters. The number of halogens is 1. The number of hydrogen-bond donors (Lipinski definition) is 2. The van der Waals surface area contributed by atoms with Gasteiger partial charge in [0.05, 0.1) is 13.2 Å². The molecule has 0 aromatic heterocycles. The van der Waals surface area contributed by atoms with Gasteiger partial charge in [-0.2, -0.15) is 0 Å². The van der Waals surface area contributed by atoms with Crippen LogP contribution in [0.5, 0.6) is 5.75 Å². The zero-order chi connectivity index (χ0) is 13.7. The molecule has 0 spiro atoms. The predicted molar refractivity (Wildman–Crippen MR) is 85.6 cm³/mol. The van der Waals surface area contributed by atoms with Gasteiger partial charge in [-0.15, -0.1) is 0 Å². The van der Waals surface area contributed by atoms with E-state index < -0.39 is 6.10 Å². The number of aliphatic hydroxyl groups is 1. The molecule has 0 aliphatic rings. The van der Waals surface area contributed by atoms with Crippen LogP contribution in [0.2, 0.25) is 0 Å². The number of aliphatic hydroxyl groups excluding tert-OH is 1. The first-order valence-electron chi connectivity index (χ1n) is 6.00. The molecule has 0 saturated heterocycles. The van der Waals surface area contributed by atoms with Gasteiger partial charge in [0, 0.05) is 15.8 Å². The molecular weight excluding hydrogens is 353 g/mol. The molecule has 0 aliphatic heterocycles. The van der Waals surface area contributed by atoms with Gasteiger partial charge in [-0.25, -0.2) is 0 Å². The molecule has 3 nitrogen and oxygen atoms in total. The molecule has 0 fully saturated rings. The third-order valence-electron chi connectivity index (χ3n) is 2.82. The van der Waals surface area contributed by atoms with E-state index in [0.29, 0.717) is 6.54 Å². The second kappa shape index (κ2) is 6.77. The van der Waals surface area contributed by atoms with E-state index in [2.05, 4.69) is 27.9 Å². The SMILES string of the molecule is COc1cccc(C(O)CNc2ccc(I)cc2)c1. The summed E-state index contributed by atoms with van der Waals surface area (Å²) in [7, 11) is 1.62. The van der Waals surface area contributed by atoms with Crippen LogP contribution in [0.15, 0.2) is 48.5 Å². The quantitative estimate of drug-likeness (QED) is 0.794. The molecule has 1 unspecified atom stereocenters. The highest BCUT2D eigenvalue weighted by Gasteiger charge is 2.08. The van der Waals surface area contributed by atoms with E-state index in [-0.39, 0.29) is 0 Å². The predicted octanol–water partition coefficient (Wildman–Crippen LogP) is 3.45. The minimum atomic E-state index is -0.561. The molecule has 100 valence electrons. The second-order valence-electron chi connectivity index (χ2n) is 4.18. The van der Waals surface area contributed by atoms with Gasteiger partial charge in [0.15, 0.2) is 0 Å². The van der Waals surface area contributed by atoms with E-state index in [1.807, 2.05) is 48.5 Å². The van der Waals surface area contributed by atoms with Gasteiger partial charge in [-0.05, 0) is 64.6 Å². The van der Waals surface area contributed by atoms with Crippen molar-refractivity contribution in [2.75, 3.05) is 19.0 Å². The lowest BCUT2D eigenvalue weighted by molar-refractivity contribution is 0.191. The van der Waals surface area contributed by atoms with E-state index >= 15 is 0 Å². The number of benzene rings is 2. The number of anilines is 1. The van der Waals surface area contributed by atoms with Gasteiger partial charge in [0.1, 0.15) is 5.75 Å². The highest BCUT2D eigenvalue weighted by Crippen LogP contribution is 2.20. The molecule has 0 saturated carbocycles. The summed E-state index contributed by atoms with van der Waals surface area (Å²) in [4.78, 5) is 0. The maximum absolute atomic E-state index is 10.1. The zero-order valence-electron chi connectivity index (χ0n) is 10.6. The fourth-order valence-corrected chi connectivity index (χ4v) is 2.11. The van der Waals surface area contributed by atoms with Gasteiger partial charge in [-0.3, -0.25) is 0 Å². The standard InChI is InChI=1S/C15H16INO2/c1-19-14-4-2-3-11(9-14)15(18)10-17-13-7-5-12(16)6-8-13/h2-9,15,17-18H,10H2,1H3. The lowest BCUT2D eigenvalue weighted by Crippen LogP contribution is -2.12. The van der Waals surface area contributed by atoms with Gasteiger partial charge in [-0.1, -0.05) is 12.1 Å².